The molecule has 1 saturated heterocycles. The van der Waals surface area contributed by atoms with E-state index in [1.807, 2.05) is 29.3 Å². The van der Waals surface area contributed by atoms with Crippen molar-refractivity contribution >= 4 is 11.8 Å². The quantitative estimate of drug-likeness (QED) is 0.421. The van der Waals surface area contributed by atoms with Gasteiger partial charge in [-0.25, -0.2) is 0 Å². The molecule has 18 heavy (non-hydrogen) atoms. The van der Waals surface area contributed by atoms with Gasteiger partial charge in [-0.05, 0) is 29.8 Å². The van der Waals surface area contributed by atoms with E-state index < -0.39 is 0 Å². The average Bonchev–Trinajstić information content (AvgIpc) is 3.20. The van der Waals surface area contributed by atoms with Crippen molar-refractivity contribution < 1.29 is 4.84 Å². The third kappa shape index (κ3) is 4.09. The molecule has 0 bridgehead atoms. The van der Waals surface area contributed by atoms with Crippen LogP contribution < -0.4 is 4.84 Å². The summed E-state index contributed by atoms with van der Waals surface area (Å²) in [5.74, 6) is 1.81. The fourth-order valence-corrected chi connectivity index (χ4v) is 2.25. The molecule has 1 aliphatic heterocycles. The summed E-state index contributed by atoms with van der Waals surface area (Å²) in [7, 11) is 0. The highest BCUT2D eigenvalue weighted by atomic mass is 32.2. The Kier molecular flexibility index (Phi) is 4.67. The second-order valence-electron chi connectivity index (χ2n) is 3.96. The Balaban J connectivity index is 1.87. The van der Waals surface area contributed by atoms with Crippen LogP contribution in [0.2, 0.25) is 0 Å². The maximum atomic E-state index is 5.55. The molecule has 2 nitrogen and oxygen atoms in total. The van der Waals surface area contributed by atoms with Gasteiger partial charge in [0, 0.05) is 10.6 Å². The standard InChI is InChI=1S/C15H17NOS/c1-3-5-13(4-2)12-18-15-8-6-14(7-9-15)17-16-10-11-16/h3-9H,1-2,10-12H2/b13-5+. The lowest BCUT2D eigenvalue weighted by molar-refractivity contribution is 0.0692. The number of hydroxylamine groups is 2. The van der Waals surface area contributed by atoms with E-state index >= 15 is 0 Å². The van der Waals surface area contributed by atoms with Crippen molar-refractivity contribution in [3.8, 4) is 5.75 Å². The second kappa shape index (κ2) is 6.47. The van der Waals surface area contributed by atoms with Crippen molar-refractivity contribution in [2.75, 3.05) is 18.8 Å². The van der Waals surface area contributed by atoms with Gasteiger partial charge < -0.3 is 4.84 Å². The lowest BCUT2D eigenvalue weighted by Crippen LogP contribution is -2.01. The molecule has 0 N–H and O–H groups in total. The fourth-order valence-electron chi connectivity index (χ4n) is 1.37. The van der Waals surface area contributed by atoms with E-state index in [0.717, 1.165) is 24.6 Å². The van der Waals surface area contributed by atoms with Gasteiger partial charge in [-0.3, -0.25) is 0 Å². The molecule has 1 aromatic carbocycles. The van der Waals surface area contributed by atoms with Crippen LogP contribution >= 0.6 is 11.8 Å². The average molecular weight is 259 g/mol. The number of benzene rings is 1. The van der Waals surface area contributed by atoms with Gasteiger partial charge in [-0.15, -0.1) is 16.8 Å². The zero-order chi connectivity index (χ0) is 12.8. The summed E-state index contributed by atoms with van der Waals surface area (Å²) in [6.45, 7) is 9.55. The highest BCUT2D eigenvalue weighted by molar-refractivity contribution is 7.99. The summed E-state index contributed by atoms with van der Waals surface area (Å²) in [6, 6.07) is 8.17. The number of hydrogen-bond donors (Lipinski definition) is 0. The monoisotopic (exact) mass is 259 g/mol. The van der Waals surface area contributed by atoms with Crippen LogP contribution in [0.1, 0.15) is 0 Å². The molecule has 3 heteroatoms. The third-order valence-electron chi connectivity index (χ3n) is 2.46. The molecule has 0 radical (unpaired) electrons. The third-order valence-corrected chi connectivity index (χ3v) is 3.55. The first-order valence-electron chi connectivity index (χ1n) is 5.91. The molecule has 1 aromatic rings. The van der Waals surface area contributed by atoms with Gasteiger partial charge in [0.2, 0.25) is 0 Å². The van der Waals surface area contributed by atoms with Crippen LogP contribution in [0.4, 0.5) is 0 Å². The van der Waals surface area contributed by atoms with E-state index in [2.05, 4.69) is 25.3 Å². The molecule has 1 fully saturated rings. The minimum absolute atomic E-state index is 0.905. The summed E-state index contributed by atoms with van der Waals surface area (Å²) < 4.78 is 0. The minimum Gasteiger partial charge on any atom is -0.406 e. The molecule has 0 unspecified atom stereocenters. The van der Waals surface area contributed by atoms with Crippen LogP contribution in [0.25, 0.3) is 0 Å². The molecular weight excluding hydrogens is 242 g/mol. The normalized spacial score (nSPS) is 15.2. The zero-order valence-electron chi connectivity index (χ0n) is 10.3. The van der Waals surface area contributed by atoms with Crippen molar-refractivity contribution in [2.24, 2.45) is 0 Å². The molecule has 0 atom stereocenters. The van der Waals surface area contributed by atoms with Gasteiger partial charge in [0.25, 0.3) is 0 Å². The van der Waals surface area contributed by atoms with Crippen LogP contribution in [0.15, 0.2) is 66.1 Å². The number of allylic oxidation sites excluding steroid dienone is 3. The van der Waals surface area contributed by atoms with Gasteiger partial charge in [-0.1, -0.05) is 31.4 Å². The molecule has 0 spiro atoms. The van der Waals surface area contributed by atoms with Crippen LogP contribution in [0.5, 0.6) is 5.75 Å². The Hall–Kier alpha value is -1.45. The number of nitrogens with zero attached hydrogens (tertiary/aromatic N) is 1. The van der Waals surface area contributed by atoms with Crippen molar-refractivity contribution in [1.82, 2.24) is 5.06 Å². The number of thioether (sulfide) groups is 1. The minimum atomic E-state index is 0.905. The lowest BCUT2D eigenvalue weighted by atomic mass is 10.3. The molecule has 0 amide bonds. The largest absolute Gasteiger partial charge is 0.406 e. The molecular formula is C15H17NOS. The molecule has 0 aliphatic carbocycles. The van der Waals surface area contributed by atoms with E-state index in [1.165, 1.54) is 10.5 Å². The first-order chi connectivity index (χ1) is 8.81. The van der Waals surface area contributed by atoms with Crippen LogP contribution in [-0.4, -0.2) is 23.9 Å². The predicted molar refractivity (Wildman–Crippen MR) is 77.8 cm³/mol. The van der Waals surface area contributed by atoms with Gasteiger partial charge in [0.1, 0.15) is 5.75 Å². The molecule has 94 valence electrons. The maximum absolute atomic E-state index is 5.55. The highest BCUT2D eigenvalue weighted by Crippen LogP contribution is 2.24. The first-order valence-corrected chi connectivity index (χ1v) is 6.90. The van der Waals surface area contributed by atoms with E-state index in [9.17, 15) is 0 Å². The molecule has 1 heterocycles. The number of hydrogen-bond acceptors (Lipinski definition) is 3. The van der Waals surface area contributed by atoms with Crippen LogP contribution in [0.3, 0.4) is 0 Å². The van der Waals surface area contributed by atoms with Gasteiger partial charge in [0.05, 0.1) is 13.1 Å². The predicted octanol–water partition coefficient (Wildman–Crippen LogP) is 3.69. The summed E-state index contributed by atoms with van der Waals surface area (Å²) in [4.78, 5) is 6.78. The second-order valence-corrected chi connectivity index (χ2v) is 5.01. The van der Waals surface area contributed by atoms with E-state index in [0.29, 0.717) is 0 Å². The molecule has 0 aromatic heterocycles. The van der Waals surface area contributed by atoms with E-state index in [1.54, 1.807) is 17.8 Å². The van der Waals surface area contributed by atoms with E-state index in [4.69, 9.17) is 4.84 Å². The lowest BCUT2D eigenvalue weighted by Gasteiger charge is -2.06. The van der Waals surface area contributed by atoms with Gasteiger partial charge >= 0.3 is 0 Å². The summed E-state index contributed by atoms with van der Waals surface area (Å²) in [5.41, 5.74) is 1.18. The van der Waals surface area contributed by atoms with Crippen LogP contribution in [-0.2, 0) is 0 Å². The van der Waals surface area contributed by atoms with Crippen LogP contribution in [0, 0.1) is 0 Å². The Labute approximate surface area is 113 Å². The van der Waals surface area contributed by atoms with Gasteiger partial charge in [0.15, 0.2) is 0 Å². The first kappa shape index (κ1) is 13.0. The summed E-state index contributed by atoms with van der Waals surface area (Å²) in [6.07, 6.45) is 5.64. The fraction of sp³-hybridized carbons (Fsp3) is 0.200. The zero-order valence-corrected chi connectivity index (χ0v) is 11.2. The Morgan fingerprint density at radius 1 is 1.28 bits per heavy atom. The smallest absolute Gasteiger partial charge is 0.147 e. The molecule has 2 rings (SSSR count). The number of rotatable bonds is 7. The Morgan fingerprint density at radius 3 is 2.56 bits per heavy atom. The Bertz CT molecular complexity index is 446. The van der Waals surface area contributed by atoms with Gasteiger partial charge in [-0.2, -0.15) is 0 Å². The summed E-state index contributed by atoms with van der Waals surface area (Å²) >= 11 is 1.78. The van der Waals surface area contributed by atoms with Crippen molar-refractivity contribution in [1.29, 1.82) is 0 Å². The SMILES string of the molecule is C=C/C=C(\C=C)CSc1ccc(ON2CC2)cc1. The summed E-state index contributed by atoms with van der Waals surface area (Å²) in [5, 5.41) is 1.92. The molecule has 0 saturated carbocycles. The van der Waals surface area contributed by atoms with E-state index in [-0.39, 0.29) is 0 Å². The molecule has 1 aliphatic rings. The van der Waals surface area contributed by atoms with Crippen molar-refractivity contribution in [3.05, 3.63) is 61.2 Å². The maximum Gasteiger partial charge on any atom is 0.147 e. The highest BCUT2D eigenvalue weighted by Gasteiger charge is 2.19. The van der Waals surface area contributed by atoms with Crippen molar-refractivity contribution in [2.45, 2.75) is 4.90 Å². The Morgan fingerprint density at radius 2 is 2.00 bits per heavy atom. The topological polar surface area (TPSA) is 12.2 Å². The van der Waals surface area contributed by atoms with Crippen molar-refractivity contribution in [3.63, 3.8) is 0 Å².